The standard InChI is InChI=1S/C32H36BrN3O5S/c1-22-20-35(25-13-15-34(16-14-25)32(37)28-5-3-4-6-29(28)33)17-18-36(22)23(2)24-7-9-26(10-8-24)42(38,39)27-11-12-30-31(19-27)41-21-40-30/h3-12,19,22-23,25H,13-18,20-21H2,1-2H3/t22-,23+/m1/s1. The van der Waals surface area contributed by atoms with Crippen LogP contribution in [0.15, 0.2) is 81.0 Å². The summed E-state index contributed by atoms with van der Waals surface area (Å²) in [6.07, 6.45) is 1.97. The summed E-state index contributed by atoms with van der Waals surface area (Å²) < 4.78 is 38.1. The molecule has 10 heteroatoms. The Balaban J connectivity index is 1.05. The van der Waals surface area contributed by atoms with Crippen molar-refractivity contribution in [2.24, 2.45) is 0 Å². The largest absolute Gasteiger partial charge is 0.454 e. The molecule has 3 aromatic rings. The summed E-state index contributed by atoms with van der Waals surface area (Å²) in [6.45, 7) is 9.01. The van der Waals surface area contributed by atoms with Crippen LogP contribution in [0.2, 0.25) is 0 Å². The van der Waals surface area contributed by atoms with Gasteiger partial charge in [0.2, 0.25) is 16.6 Å². The van der Waals surface area contributed by atoms with Gasteiger partial charge in [-0.25, -0.2) is 8.42 Å². The molecule has 0 radical (unpaired) electrons. The molecule has 2 saturated heterocycles. The van der Waals surface area contributed by atoms with Gasteiger partial charge in [-0.3, -0.25) is 14.6 Å². The van der Waals surface area contributed by atoms with E-state index in [0.717, 1.165) is 61.2 Å². The number of piperazine rings is 1. The molecular weight excluding hydrogens is 618 g/mol. The number of hydrogen-bond acceptors (Lipinski definition) is 7. The van der Waals surface area contributed by atoms with Crippen molar-refractivity contribution < 1.29 is 22.7 Å². The minimum absolute atomic E-state index is 0.0997. The highest BCUT2D eigenvalue weighted by Crippen LogP contribution is 2.36. The third kappa shape index (κ3) is 5.69. The Hall–Kier alpha value is -2.92. The first-order valence-electron chi connectivity index (χ1n) is 14.5. The van der Waals surface area contributed by atoms with Crippen LogP contribution in [-0.4, -0.2) is 80.6 Å². The molecule has 3 aliphatic rings. The van der Waals surface area contributed by atoms with E-state index in [2.05, 4.69) is 39.6 Å². The summed E-state index contributed by atoms with van der Waals surface area (Å²) in [5.41, 5.74) is 1.82. The highest BCUT2D eigenvalue weighted by atomic mass is 79.9. The minimum atomic E-state index is -3.67. The van der Waals surface area contributed by atoms with Gasteiger partial charge in [-0.05, 0) is 84.6 Å². The third-order valence-electron chi connectivity index (χ3n) is 8.91. The molecule has 0 aromatic heterocycles. The lowest BCUT2D eigenvalue weighted by Crippen LogP contribution is -2.57. The molecule has 0 aliphatic carbocycles. The van der Waals surface area contributed by atoms with Crippen molar-refractivity contribution in [3.63, 3.8) is 0 Å². The number of carbonyl (C=O) groups excluding carboxylic acids is 1. The number of likely N-dealkylation sites (tertiary alicyclic amines) is 1. The smallest absolute Gasteiger partial charge is 0.254 e. The van der Waals surface area contributed by atoms with Gasteiger partial charge in [0, 0.05) is 61.4 Å². The van der Waals surface area contributed by atoms with Crippen LogP contribution in [-0.2, 0) is 9.84 Å². The number of piperidine rings is 1. The van der Waals surface area contributed by atoms with E-state index < -0.39 is 9.84 Å². The summed E-state index contributed by atoms with van der Waals surface area (Å²) in [7, 11) is -3.67. The lowest BCUT2D eigenvalue weighted by atomic mass is 9.98. The predicted molar refractivity (Wildman–Crippen MR) is 164 cm³/mol. The molecular formula is C32H36BrN3O5S. The lowest BCUT2D eigenvalue weighted by Gasteiger charge is -2.47. The van der Waals surface area contributed by atoms with Crippen molar-refractivity contribution in [1.29, 1.82) is 0 Å². The van der Waals surface area contributed by atoms with E-state index in [9.17, 15) is 13.2 Å². The molecule has 0 saturated carbocycles. The molecule has 8 nitrogen and oxygen atoms in total. The zero-order chi connectivity index (χ0) is 29.4. The normalized spacial score (nSPS) is 20.9. The van der Waals surface area contributed by atoms with Crippen molar-refractivity contribution >= 4 is 31.7 Å². The number of benzene rings is 3. The summed E-state index contributed by atoms with van der Waals surface area (Å²) in [5.74, 6) is 1.11. The van der Waals surface area contributed by atoms with Crippen molar-refractivity contribution in [2.45, 2.75) is 54.6 Å². The second kappa shape index (κ2) is 12.0. The van der Waals surface area contributed by atoms with Crippen LogP contribution < -0.4 is 9.47 Å². The quantitative estimate of drug-likeness (QED) is 0.353. The minimum Gasteiger partial charge on any atom is -0.454 e. The van der Waals surface area contributed by atoms with Crippen molar-refractivity contribution in [3.8, 4) is 11.5 Å². The monoisotopic (exact) mass is 653 g/mol. The number of ether oxygens (including phenoxy) is 2. The van der Waals surface area contributed by atoms with Gasteiger partial charge in [-0.1, -0.05) is 24.3 Å². The second-order valence-corrected chi connectivity index (χ2v) is 14.2. The average Bonchev–Trinajstić information content (AvgIpc) is 3.49. The van der Waals surface area contributed by atoms with Gasteiger partial charge < -0.3 is 14.4 Å². The fourth-order valence-corrected chi connectivity index (χ4v) is 8.17. The zero-order valence-corrected chi connectivity index (χ0v) is 26.3. The Labute approximate surface area is 256 Å². The van der Waals surface area contributed by atoms with Gasteiger partial charge in [-0.2, -0.15) is 0 Å². The molecule has 3 aromatic carbocycles. The predicted octanol–water partition coefficient (Wildman–Crippen LogP) is 5.38. The van der Waals surface area contributed by atoms with Gasteiger partial charge in [0.25, 0.3) is 5.91 Å². The maximum absolute atomic E-state index is 13.3. The van der Waals surface area contributed by atoms with Crippen LogP contribution in [0.4, 0.5) is 0 Å². The lowest BCUT2D eigenvalue weighted by molar-refractivity contribution is 0.0135. The number of rotatable bonds is 6. The number of carbonyl (C=O) groups is 1. The van der Waals surface area contributed by atoms with Crippen LogP contribution >= 0.6 is 15.9 Å². The van der Waals surface area contributed by atoms with Gasteiger partial charge >= 0.3 is 0 Å². The highest BCUT2D eigenvalue weighted by Gasteiger charge is 2.34. The summed E-state index contributed by atoms with van der Waals surface area (Å²) in [4.78, 5) is 20.6. The van der Waals surface area contributed by atoms with Crippen LogP contribution in [0.3, 0.4) is 0 Å². The number of halogens is 1. The van der Waals surface area contributed by atoms with Crippen LogP contribution in [0.1, 0.15) is 48.7 Å². The Bertz CT molecular complexity index is 1560. The van der Waals surface area contributed by atoms with Gasteiger partial charge in [-0.15, -0.1) is 0 Å². The van der Waals surface area contributed by atoms with E-state index in [1.165, 1.54) is 6.07 Å². The molecule has 2 fully saturated rings. The topological polar surface area (TPSA) is 79.4 Å². The summed E-state index contributed by atoms with van der Waals surface area (Å²) >= 11 is 3.51. The number of fused-ring (bicyclic) bond motifs is 1. The van der Waals surface area contributed by atoms with E-state index >= 15 is 0 Å². The van der Waals surface area contributed by atoms with Gasteiger partial charge in [0.15, 0.2) is 11.5 Å². The molecule has 3 heterocycles. The van der Waals surface area contributed by atoms with Crippen molar-refractivity contribution in [3.05, 3.63) is 82.3 Å². The molecule has 0 unspecified atom stereocenters. The first kappa shape index (κ1) is 29.2. The molecule has 42 heavy (non-hydrogen) atoms. The SMILES string of the molecule is C[C@@H]1CN(C2CCN(C(=O)c3ccccc3Br)CC2)CCN1[C@@H](C)c1ccc(S(=O)(=O)c2ccc3c(c2)OCO3)cc1. The van der Waals surface area contributed by atoms with Gasteiger partial charge in [0.05, 0.1) is 15.4 Å². The van der Waals surface area contributed by atoms with E-state index in [0.29, 0.717) is 23.6 Å². The Morgan fingerprint density at radius 2 is 1.60 bits per heavy atom. The molecule has 1 amide bonds. The van der Waals surface area contributed by atoms with E-state index in [1.54, 1.807) is 24.3 Å². The van der Waals surface area contributed by atoms with Crippen LogP contribution in [0, 0.1) is 0 Å². The number of sulfone groups is 1. The first-order chi connectivity index (χ1) is 20.2. The van der Waals surface area contributed by atoms with Gasteiger partial charge in [0.1, 0.15) is 0 Å². The zero-order valence-electron chi connectivity index (χ0n) is 23.9. The highest BCUT2D eigenvalue weighted by molar-refractivity contribution is 9.10. The third-order valence-corrected chi connectivity index (χ3v) is 11.4. The van der Waals surface area contributed by atoms with Crippen molar-refractivity contribution in [1.82, 2.24) is 14.7 Å². The fraction of sp³-hybridized carbons (Fsp3) is 0.406. The Morgan fingerprint density at radius 1 is 0.905 bits per heavy atom. The van der Waals surface area contributed by atoms with E-state index in [4.69, 9.17) is 9.47 Å². The number of nitrogens with zero attached hydrogens (tertiary/aromatic N) is 3. The number of amides is 1. The molecule has 222 valence electrons. The molecule has 0 spiro atoms. The molecule has 3 aliphatic heterocycles. The molecule has 2 atom stereocenters. The first-order valence-corrected chi connectivity index (χ1v) is 16.8. The Kier molecular flexibility index (Phi) is 8.33. The van der Waals surface area contributed by atoms with E-state index in [-0.39, 0.29) is 28.5 Å². The Morgan fingerprint density at radius 3 is 2.31 bits per heavy atom. The molecule has 6 rings (SSSR count). The summed E-state index contributed by atoms with van der Waals surface area (Å²) in [6, 6.07) is 20.6. The van der Waals surface area contributed by atoms with Crippen LogP contribution in [0.25, 0.3) is 0 Å². The fourth-order valence-electron chi connectivity index (χ4n) is 6.44. The van der Waals surface area contributed by atoms with Crippen LogP contribution in [0.5, 0.6) is 11.5 Å². The number of hydrogen-bond donors (Lipinski definition) is 0. The average molecular weight is 655 g/mol. The molecule has 0 N–H and O–H groups in total. The van der Waals surface area contributed by atoms with Crippen molar-refractivity contribution in [2.75, 3.05) is 39.5 Å². The maximum atomic E-state index is 13.3. The summed E-state index contributed by atoms with van der Waals surface area (Å²) in [5, 5.41) is 0. The maximum Gasteiger partial charge on any atom is 0.254 e. The molecule has 0 bridgehead atoms. The van der Waals surface area contributed by atoms with E-state index in [1.807, 2.05) is 41.3 Å². The second-order valence-electron chi connectivity index (χ2n) is 11.3.